The number of likely N-dealkylation sites (N-methyl/N-ethyl adjacent to an activating group) is 1. The van der Waals surface area contributed by atoms with Crippen LogP contribution in [0, 0.1) is 0 Å². The van der Waals surface area contributed by atoms with Crippen molar-refractivity contribution in [2.45, 2.75) is 57.8 Å². The fraction of sp³-hybridized carbons (Fsp3) is 0.895. The molecule has 1 atom stereocenters. The van der Waals surface area contributed by atoms with Crippen LogP contribution in [0.4, 0.5) is 0 Å². The number of rotatable bonds is 19. The third-order valence-corrected chi connectivity index (χ3v) is 6.05. The first-order valence-corrected chi connectivity index (χ1v) is 12.7. The molecular formula is C19H41NO5PS+. The van der Waals surface area contributed by atoms with Crippen molar-refractivity contribution in [1.82, 2.24) is 0 Å². The number of nitrogens with zero attached hydrogens (tertiary/aromatic N) is 1. The van der Waals surface area contributed by atoms with Gasteiger partial charge in [-0.15, -0.1) is 0 Å². The highest BCUT2D eigenvalue weighted by molar-refractivity contribution is 7.99. The Bertz CT molecular complexity index is 415. The maximum atomic E-state index is 11.7. The van der Waals surface area contributed by atoms with Crippen LogP contribution >= 0.6 is 19.6 Å². The summed E-state index contributed by atoms with van der Waals surface area (Å²) in [4.78, 5) is 9.60. The summed E-state index contributed by atoms with van der Waals surface area (Å²) in [6.07, 6.45) is 13.4. The summed E-state index contributed by atoms with van der Waals surface area (Å²) < 4.78 is 22.4. The second-order valence-corrected chi connectivity index (χ2v) is 10.4. The molecule has 0 heterocycles. The minimum absolute atomic E-state index is 0.218. The molecule has 0 aromatic carbocycles. The van der Waals surface area contributed by atoms with Gasteiger partial charge < -0.3 is 14.5 Å². The molecule has 27 heavy (non-hydrogen) atoms. The Balaban J connectivity index is 3.33. The first kappa shape index (κ1) is 27.0. The Labute approximate surface area is 170 Å². The molecule has 0 bridgehead atoms. The van der Waals surface area contributed by atoms with Gasteiger partial charge in [0.05, 0.1) is 34.0 Å². The van der Waals surface area contributed by atoms with Crippen molar-refractivity contribution in [1.29, 1.82) is 0 Å². The minimum atomic E-state index is -3.89. The SMILES string of the molecule is C[N+](C)(C)CCOP(=O)(O)OCCCCCCCCCCCSC/C=C/O. The molecule has 2 N–H and O–H groups in total. The van der Waals surface area contributed by atoms with Crippen molar-refractivity contribution >= 4 is 19.6 Å². The van der Waals surface area contributed by atoms with E-state index in [1.807, 2.05) is 32.9 Å². The number of thioether (sulfide) groups is 1. The van der Waals surface area contributed by atoms with E-state index in [2.05, 4.69) is 0 Å². The van der Waals surface area contributed by atoms with Gasteiger partial charge in [0.1, 0.15) is 13.2 Å². The zero-order chi connectivity index (χ0) is 20.4. The van der Waals surface area contributed by atoms with Crippen molar-refractivity contribution < 1.29 is 28.1 Å². The van der Waals surface area contributed by atoms with Gasteiger partial charge in [-0.2, -0.15) is 11.8 Å². The molecule has 8 heteroatoms. The molecule has 0 saturated heterocycles. The fourth-order valence-electron chi connectivity index (χ4n) is 2.39. The predicted octanol–water partition coefficient (Wildman–Crippen LogP) is 5.14. The van der Waals surface area contributed by atoms with Gasteiger partial charge in [-0.25, -0.2) is 4.57 Å². The average molecular weight is 427 g/mol. The number of aliphatic hydroxyl groups excluding tert-OH is 1. The average Bonchev–Trinajstić information content (AvgIpc) is 2.57. The van der Waals surface area contributed by atoms with E-state index in [4.69, 9.17) is 14.2 Å². The van der Waals surface area contributed by atoms with Gasteiger partial charge in [-0.05, 0) is 24.7 Å². The lowest BCUT2D eigenvalue weighted by atomic mass is 10.1. The third kappa shape index (κ3) is 22.1. The summed E-state index contributed by atoms with van der Waals surface area (Å²) in [6, 6.07) is 0. The molecule has 0 spiro atoms. The summed E-state index contributed by atoms with van der Waals surface area (Å²) in [5.74, 6) is 2.06. The third-order valence-electron chi connectivity index (χ3n) is 4.02. The molecule has 0 aliphatic rings. The predicted molar refractivity (Wildman–Crippen MR) is 115 cm³/mol. The lowest BCUT2D eigenvalue weighted by Crippen LogP contribution is -2.37. The first-order chi connectivity index (χ1) is 12.8. The Kier molecular flexibility index (Phi) is 16.8. The highest BCUT2D eigenvalue weighted by atomic mass is 32.2. The van der Waals surface area contributed by atoms with Crippen molar-refractivity contribution in [3.05, 3.63) is 12.3 Å². The first-order valence-electron chi connectivity index (χ1n) is 10.1. The van der Waals surface area contributed by atoms with Crippen LogP contribution < -0.4 is 0 Å². The van der Waals surface area contributed by atoms with E-state index in [0.717, 1.165) is 37.0 Å². The number of unbranched alkanes of at least 4 members (excludes halogenated alkanes) is 8. The molecule has 0 rings (SSSR count). The van der Waals surface area contributed by atoms with Crippen LogP contribution in [0.25, 0.3) is 0 Å². The van der Waals surface area contributed by atoms with Gasteiger partial charge in [-0.3, -0.25) is 9.05 Å². The van der Waals surface area contributed by atoms with Gasteiger partial charge in [0.2, 0.25) is 0 Å². The van der Waals surface area contributed by atoms with Crippen LogP contribution in [0.1, 0.15) is 57.8 Å². The van der Waals surface area contributed by atoms with Crippen LogP contribution in [0.15, 0.2) is 12.3 Å². The summed E-state index contributed by atoms with van der Waals surface area (Å²) in [5, 5.41) is 8.52. The van der Waals surface area contributed by atoms with E-state index >= 15 is 0 Å². The molecule has 0 aliphatic carbocycles. The molecule has 0 saturated carbocycles. The topological polar surface area (TPSA) is 76.0 Å². The summed E-state index contributed by atoms with van der Waals surface area (Å²) >= 11 is 1.86. The standard InChI is InChI=1S/C19H40NO5PS/c1-20(2,3)14-17-25-26(22,23)24-16-11-9-7-5-4-6-8-10-12-18-27-19-13-15-21/h13,15H,4-12,14,16-19H2,1-3H3,(H-,21,22,23)/p+1/b15-13+. The maximum absolute atomic E-state index is 11.7. The zero-order valence-corrected chi connectivity index (χ0v) is 19.2. The van der Waals surface area contributed by atoms with Crippen LogP contribution in [-0.4, -0.2) is 66.9 Å². The summed E-state index contributed by atoms with van der Waals surface area (Å²) in [5.41, 5.74) is 0. The molecule has 0 aromatic rings. The molecule has 0 aliphatic heterocycles. The summed E-state index contributed by atoms with van der Waals surface area (Å²) in [6.45, 7) is 1.16. The van der Waals surface area contributed by atoms with Crippen LogP contribution in [-0.2, 0) is 13.6 Å². The van der Waals surface area contributed by atoms with Gasteiger partial charge in [-0.1, -0.05) is 44.9 Å². The second-order valence-electron chi connectivity index (χ2n) is 7.79. The highest BCUT2D eigenvalue weighted by Gasteiger charge is 2.21. The molecule has 6 nitrogen and oxygen atoms in total. The largest absolute Gasteiger partial charge is 0.516 e. The van der Waals surface area contributed by atoms with Crippen molar-refractivity contribution in [2.24, 2.45) is 0 Å². The maximum Gasteiger partial charge on any atom is 0.472 e. The second kappa shape index (κ2) is 16.9. The molecule has 0 radical (unpaired) electrons. The molecular weight excluding hydrogens is 385 g/mol. The van der Waals surface area contributed by atoms with Gasteiger partial charge in [0, 0.05) is 5.75 Å². The van der Waals surface area contributed by atoms with E-state index in [1.54, 1.807) is 6.08 Å². The van der Waals surface area contributed by atoms with E-state index in [0.29, 0.717) is 11.0 Å². The smallest absolute Gasteiger partial charge is 0.472 e. The number of quaternary nitrogens is 1. The van der Waals surface area contributed by atoms with Crippen molar-refractivity contribution in [3.63, 3.8) is 0 Å². The normalized spacial score (nSPS) is 14.7. The lowest BCUT2D eigenvalue weighted by molar-refractivity contribution is -0.870. The number of aliphatic hydroxyl groups is 1. The number of hydrogen-bond donors (Lipinski definition) is 2. The molecule has 0 aromatic heterocycles. The van der Waals surface area contributed by atoms with E-state index in [1.165, 1.54) is 38.5 Å². The lowest BCUT2D eigenvalue weighted by Gasteiger charge is -2.24. The summed E-state index contributed by atoms with van der Waals surface area (Å²) in [7, 11) is 2.12. The number of hydrogen-bond acceptors (Lipinski definition) is 5. The quantitative estimate of drug-likeness (QED) is 0.129. The van der Waals surface area contributed by atoms with Crippen LogP contribution in [0.5, 0.6) is 0 Å². The fourth-order valence-corrected chi connectivity index (χ4v) is 3.93. The van der Waals surface area contributed by atoms with E-state index in [-0.39, 0.29) is 13.2 Å². The van der Waals surface area contributed by atoms with E-state index < -0.39 is 7.82 Å². The monoisotopic (exact) mass is 426 g/mol. The van der Waals surface area contributed by atoms with Gasteiger partial charge in [0.25, 0.3) is 0 Å². The van der Waals surface area contributed by atoms with Gasteiger partial charge in [0.15, 0.2) is 0 Å². The van der Waals surface area contributed by atoms with Crippen LogP contribution in [0.2, 0.25) is 0 Å². The minimum Gasteiger partial charge on any atom is -0.516 e. The highest BCUT2D eigenvalue weighted by Crippen LogP contribution is 2.43. The Morgan fingerprint density at radius 2 is 1.41 bits per heavy atom. The Morgan fingerprint density at radius 1 is 0.889 bits per heavy atom. The zero-order valence-electron chi connectivity index (χ0n) is 17.5. The van der Waals surface area contributed by atoms with Crippen molar-refractivity contribution in [3.8, 4) is 0 Å². The molecule has 0 amide bonds. The molecule has 1 unspecified atom stereocenters. The number of phosphoric acid groups is 1. The van der Waals surface area contributed by atoms with Gasteiger partial charge >= 0.3 is 7.82 Å². The van der Waals surface area contributed by atoms with Crippen LogP contribution in [0.3, 0.4) is 0 Å². The Hall–Kier alpha value is -0.0400. The Morgan fingerprint density at radius 3 is 1.96 bits per heavy atom. The van der Waals surface area contributed by atoms with Crippen molar-refractivity contribution in [2.75, 3.05) is 52.4 Å². The number of phosphoric ester groups is 1. The van der Waals surface area contributed by atoms with E-state index in [9.17, 15) is 9.46 Å². The molecule has 162 valence electrons. The molecule has 0 fully saturated rings.